The van der Waals surface area contributed by atoms with Crippen molar-refractivity contribution in [1.29, 1.82) is 0 Å². The quantitative estimate of drug-likeness (QED) is 0.232. The maximum absolute atomic E-state index is 12.9. The van der Waals surface area contributed by atoms with Crippen LogP contribution < -0.4 is 4.72 Å². The third kappa shape index (κ3) is 8.15. The normalized spacial score (nSPS) is 11.7. The predicted octanol–water partition coefficient (Wildman–Crippen LogP) is 7.89. The Kier molecular flexibility index (Phi) is 10.2. The lowest BCUT2D eigenvalue weighted by molar-refractivity contribution is 0.549. The molecule has 1 N–H and O–H groups in total. The van der Waals surface area contributed by atoms with Crippen LogP contribution in [-0.4, -0.2) is 13.4 Å². The van der Waals surface area contributed by atoms with Gasteiger partial charge in [0, 0.05) is 11.6 Å². The Morgan fingerprint density at radius 1 is 0.727 bits per heavy atom. The number of anilines is 1. The summed E-state index contributed by atoms with van der Waals surface area (Å²) < 4.78 is 28.5. The number of aryl methyl sites for hydroxylation is 1. The molecule has 0 spiro atoms. The smallest absolute Gasteiger partial charge is 0.261 e. The summed E-state index contributed by atoms with van der Waals surface area (Å²) >= 11 is 0. The Bertz CT molecular complexity index is 1070. The van der Waals surface area contributed by atoms with Crippen LogP contribution in [0.1, 0.15) is 83.1 Å². The largest absolute Gasteiger partial charge is 0.277 e. The van der Waals surface area contributed by atoms with E-state index in [0.717, 1.165) is 18.2 Å². The Balaban J connectivity index is 1.40. The molecule has 0 atom stereocenters. The maximum atomic E-state index is 12.9. The van der Waals surface area contributed by atoms with Crippen LogP contribution in [0.25, 0.3) is 10.9 Å². The standard InChI is InChI=1S/C28H38N2O2S/c1-2-3-4-5-6-7-8-9-10-11-12-15-24-19-21-26(22-20-24)33(31,32)30-27-18-13-16-25-17-14-23-29-28(25)27/h13-14,16-23,30H,2-12,15H2,1H3. The van der Waals surface area contributed by atoms with Crippen LogP contribution >= 0.6 is 0 Å². The van der Waals surface area contributed by atoms with Gasteiger partial charge in [-0.05, 0) is 42.7 Å². The lowest BCUT2D eigenvalue weighted by Crippen LogP contribution is -2.13. The Morgan fingerprint density at radius 2 is 1.33 bits per heavy atom. The predicted molar refractivity (Wildman–Crippen MR) is 139 cm³/mol. The number of para-hydroxylation sites is 1. The molecule has 33 heavy (non-hydrogen) atoms. The van der Waals surface area contributed by atoms with Gasteiger partial charge in [-0.3, -0.25) is 9.71 Å². The molecule has 1 aromatic heterocycles. The molecular weight excluding hydrogens is 428 g/mol. The third-order valence-corrected chi connectivity index (χ3v) is 7.56. The third-order valence-electron chi connectivity index (χ3n) is 6.18. The molecule has 0 radical (unpaired) electrons. The van der Waals surface area contributed by atoms with Crippen molar-refractivity contribution >= 4 is 26.6 Å². The number of unbranched alkanes of at least 4 members (excludes halogenated alkanes) is 10. The van der Waals surface area contributed by atoms with Crippen LogP contribution in [0.3, 0.4) is 0 Å². The molecule has 0 unspecified atom stereocenters. The number of aromatic nitrogens is 1. The van der Waals surface area contributed by atoms with E-state index < -0.39 is 10.0 Å². The molecule has 0 saturated carbocycles. The first kappa shape index (κ1) is 25.2. The number of sulfonamides is 1. The highest BCUT2D eigenvalue weighted by atomic mass is 32.2. The number of benzene rings is 2. The average molecular weight is 467 g/mol. The van der Waals surface area contributed by atoms with Gasteiger partial charge in [-0.2, -0.15) is 0 Å². The fourth-order valence-electron chi connectivity index (χ4n) is 4.22. The number of hydrogen-bond acceptors (Lipinski definition) is 3. The topological polar surface area (TPSA) is 59.1 Å². The summed E-state index contributed by atoms with van der Waals surface area (Å²) in [6.45, 7) is 2.26. The van der Waals surface area contributed by atoms with Gasteiger partial charge in [0.2, 0.25) is 0 Å². The first-order valence-corrected chi connectivity index (χ1v) is 14.0. The van der Waals surface area contributed by atoms with E-state index in [1.165, 1.54) is 69.8 Å². The van der Waals surface area contributed by atoms with Crippen molar-refractivity contribution in [2.75, 3.05) is 4.72 Å². The van der Waals surface area contributed by atoms with Gasteiger partial charge in [0.25, 0.3) is 10.0 Å². The average Bonchev–Trinajstić information content (AvgIpc) is 2.83. The van der Waals surface area contributed by atoms with Crippen LogP contribution in [-0.2, 0) is 16.4 Å². The molecule has 4 nitrogen and oxygen atoms in total. The lowest BCUT2D eigenvalue weighted by atomic mass is 10.0. The van der Waals surface area contributed by atoms with Crippen molar-refractivity contribution in [2.24, 2.45) is 0 Å². The molecular formula is C28H38N2O2S. The van der Waals surface area contributed by atoms with Crippen molar-refractivity contribution in [2.45, 2.75) is 88.9 Å². The minimum absolute atomic E-state index is 0.276. The van der Waals surface area contributed by atoms with Gasteiger partial charge in [0.15, 0.2) is 0 Å². The molecule has 2 aromatic carbocycles. The summed E-state index contributed by atoms with van der Waals surface area (Å²) in [4.78, 5) is 4.60. The Hall–Kier alpha value is -2.40. The van der Waals surface area contributed by atoms with Crippen molar-refractivity contribution in [3.63, 3.8) is 0 Å². The fraction of sp³-hybridized carbons (Fsp3) is 0.464. The number of fused-ring (bicyclic) bond motifs is 1. The molecule has 0 amide bonds. The number of rotatable bonds is 15. The van der Waals surface area contributed by atoms with Crippen LogP contribution in [0.15, 0.2) is 65.7 Å². The van der Waals surface area contributed by atoms with Gasteiger partial charge >= 0.3 is 0 Å². The van der Waals surface area contributed by atoms with Gasteiger partial charge in [0.05, 0.1) is 16.1 Å². The molecule has 0 aliphatic heterocycles. The molecule has 1 heterocycles. The van der Waals surface area contributed by atoms with E-state index in [2.05, 4.69) is 16.6 Å². The fourth-order valence-corrected chi connectivity index (χ4v) is 5.29. The molecule has 0 aliphatic rings. The summed E-state index contributed by atoms with van der Waals surface area (Å²) in [6, 6.07) is 16.5. The first-order valence-electron chi connectivity index (χ1n) is 12.6. The van der Waals surface area contributed by atoms with Crippen molar-refractivity contribution in [3.05, 3.63) is 66.4 Å². The highest BCUT2D eigenvalue weighted by Crippen LogP contribution is 2.24. The van der Waals surface area contributed by atoms with Crippen LogP contribution in [0.2, 0.25) is 0 Å². The molecule has 0 bridgehead atoms. The van der Waals surface area contributed by atoms with Crippen LogP contribution in [0.4, 0.5) is 5.69 Å². The summed E-state index contributed by atoms with van der Waals surface area (Å²) in [5.74, 6) is 0. The molecule has 0 saturated heterocycles. The van der Waals surface area contributed by atoms with E-state index in [9.17, 15) is 8.42 Å². The van der Waals surface area contributed by atoms with E-state index in [0.29, 0.717) is 11.2 Å². The molecule has 3 aromatic rings. The Labute approximate surface area is 199 Å². The molecule has 5 heteroatoms. The molecule has 178 valence electrons. The van der Waals surface area contributed by atoms with Crippen molar-refractivity contribution in [3.8, 4) is 0 Å². The zero-order chi connectivity index (χ0) is 23.4. The second kappa shape index (κ2) is 13.3. The van der Waals surface area contributed by atoms with Gasteiger partial charge < -0.3 is 0 Å². The van der Waals surface area contributed by atoms with E-state index in [4.69, 9.17) is 0 Å². The van der Waals surface area contributed by atoms with Gasteiger partial charge in [-0.1, -0.05) is 101 Å². The number of nitrogens with zero attached hydrogens (tertiary/aromatic N) is 1. The lowest BCUT2D eigenvalue weighted by Gasteiger charge is -2.11. The summed E-state index contributed by atoms with van der Waals surface area (Å²) in [6.07, 6.45) is 17.3. The highest BCUT2D eigenvalue weighted by Gasteiger charge is 2.15. The zero-order valence-corrected chi connectivity index (χ0v) is 20.7. The zero-order valence-electron chi connectivity index (χ0n) is 19.9. The van der Waals surface area contributed by atoms with E-state index in [1.807, 2.05) is 36.4 Å². The monoisotopic (exact) mass is 466 g/mol. The summed E-state index contributed by atoms with van der Waals surface area (Å²) in [5, 5.41) is 0.903. The van der Waals surface area contributed by atoms with Crippen molar-refractivity contribution in [1.82, 2.24) is 4.98 Å². The van der Waals surface area contributed by atoms with Gasteiger partial charge in [-0.15, -0.1) is 0 Å². The Morgan fingerprint density at radius 3 is 2.00 bits per heavy atom. The van der Waals surface area contributed by atoms with Gasteiger partial charge in [0.1, 0.15) is 0 Å². The van der Waals surface area contributed by atoms with Crippen LogP contribution in [0.5, 0.6) is 0 Å². The molecule has 0 fully saturated rings. The second-order valence-corrected chi connectivity index (χ2v) is 10.6. The van der Waals surface area contributed by atoms with E-state index >= 15 is 0 Å². The minimum atomic E-state index is -3.66. The van der Waals surface area contributed by atoms with Crippen molar-refractivity contribution < 1.29 is 8.42 Å². The number of nitrogens with one attached hydrogen (secondary N) is 1. The maximum Gasteiger partial charge on any atom is 0.261 e. The molecule has 0 aliphatic carbocycles. The number of pyridine rings is 1. The summed E-state index contributed by atoms with van der Waals surface area (Å²) in [7, 11) is -3.66. The van der Waals surface area contributed by atoms with E-state index in [-0.39, 0.29) is 4.90 Å². The van der Waals surface area contributed by atoms with E-state index in [1.54, 1.807) is 24.4 Å². The minimum Gasteiger partial charge on any atom is -0.277 e. The highest BCUT2D eigenvalue weighted by molar-refractivity contribution is 7.92. The second-order valence-electron chi connectivity index (χ2n) is 8.92. The summed E-state index contributed by atoms with van der Waals surface area (Å²) in [5.41, 5.74) is 2.34. The number of hydrogen-bond donors (Lipinski definition) is 1. The molecule has 3 rings (SSSR count). The van der Waals surface area contributed by atoms with Crippen LogP contribution in [0, 0.1) is 0 Å². The first-order chi connectivity index (χ1) is 16.1. The van der Waals surface area contributed by atoms with Gasteiger partial charge in [-0.25, -0.2) is 8.42 Å². The SMILES string of the molecule is CCCCCCCCCCCCCc1ccc(S(=O)(=O)Nc2cccc3cccnc23)cc1.